The minimum Gasteiger partial charge on any atom is -0.508 e. The van der Waals surface area contributed by atoms with Crippen LogP contribution in [-0.2, 0) is 11.2 Å². The number of hydrogen-bond acceptors (Lipinski definition) is 3. The van der Waals surface area contributed by atoms with Crippen LogP contribution >= 0.6 is 0 Å². The van der Waals surface area contributed by atoms with E-state index in [9.17, 15) is 9.90 Å². The van der Waals surface area contributed by atoms with Crippen molar-refractivity contribution in [1.29, 1.82) is 0 Å². The number of nitrogens with one attached hydrogen (secondary N) is 1. The van der Waals surface area contributed by atoms with E-state index in [1.54, 1.807) is 12.1 Å². The molecule has 4 nitrogen and oxygen atoms in total. The molecule has 0 heterocycles. The SMILES string of the molecule is CC(CCc1ccc(O)cc1)NC(=O)C1(CN)CCCC1. The predicted molar refractivity (Wildman–Crippen MR) is 84.0 cm³/mol. The molecular weight excluding hydrogens is 264 g/mol. The van der Waals surface area contributed by atoms with E-state index in [0.29, 0.717) is 6.54 Å². The highest BCUT2D eigenvalue weighted by Gasteiger charge is 2.39. The third-order valence-corrected chi connectivity index (χ3v) is 4.61. The van der Waals surface area contributed by atoms with Crippen LogP contribution in [0.1, 0.15) is 44.6 Å². The molecule has 4 heteroatoms. The summed E-state index contributed by atoms with van der Waals surface area (Å²) < 4.78 is 0. The fourth-order valence-corrected chi connectivity index (χ4v) is 3.07. The van der Waals surface area contributed by atoms with Gasteiger partial charge in [0.15, 0.2) is 0 Å². The van der Waals surface area contributed by atoms with E-state index in [0.717, 1.165) is 38.5 Å². The second-order valence-corrected chi connectivity index (χ2v) is 6.27. The minimum atomic E-state index is -0.327. The monoisotopic (exact) mass is 290 g/mol. The number of nitrogens with two attached hydrogens (primary N) is 1. The summed E-state index contributed by atoms with van der Waals surface area (Å²) in [5.74, 6) is 0.409. The number of phenols is 1. The van der Waals surface area contributed by atoms with Gasteiger partial charge in [-0.05, 0) is 50.3 Å². The summed E-state index contributed by atoms with van der Waals surface area (Å²) in [6.07, 6.45) is 5.81. The lowest BCUT2D eigenvalue weighted by Crippen LogP contribution is -2.47. The molecule has 0 bridgehead atoms. The van der Waals surface area contributed by atoms with Crippen molar-refractivity contribution in [3.05, 3.63) is 29.8 Å². The first-order valence-corrected chi connectivity index (χ1v) is 7.85. The summed E-state index contributed by atoms with van der Waals surface area (Å²) in [5, 5.41) is 12.4. The number of phenolic OH excluding ortho intramolecular Hbond substituents is 1. The molecule has 1 aromatic carbocycles. The summed E-state index contributed by atoms with van der Waals surface area (Å²) in [6.45, 7) is 2.49. The molecule has 1 atom stereocenters. The summed E-state index contributed by atoms with van der Waals surface area (Å²) in [4.78, 5) is 12.4. The minimum absolute atomic E-state index is 0.126. The first kappa shape index (κ1) is 15.8. The Morgan fingerprint density at radius 3 is 2.52 bits per heavy atom. The van der Waals surface area contributed by atoms with Crippen molar-refractivity contribution in [2.45, 2.75) is 51.5 Å². The van der Waals surface area contributed by atoms with E-state index in [1.165, 1.54) is 5.56 Å². The number of amides is 1. The van der Waals surface area contributed by atoms with Gasteiger partial charge in [0.05, 0.1) is 5.41 Å². The van der Waals surface area contributed by atoms with E-state index in [-0.39, 0.29) is 23.1 Å². The zero-order chi connectivity index (χ0) is 15.3. The maximum Gasteiger partial charge on any atom is 0.227 e. The Morgan fingerprint density at radius 1 is 1.33 bits per heavy atom. The molecule has 1 amide bonds. The number of hydrogen-bond donors (Lipinski definition) is 3. The van der Waals surface area contributed by atoms with E-state index in [4.69, 9.17) is 5.73 Å². The standard InChI is InChI=1S/C17H26N2O2/c1-13(4-5-14-6-8-15(20)9-7-14)19-16(21)17(12-18)10-2-3-11-17/h6-9,13,20H,2-5,10-12,18H2,1H3,(H,19,21). The Balaban J connectivity index is 1.82. The van der Waals surface area contributed by atoms with Gasteiger partial charge in [-0.25, -0.2) is 0 Å². The van der Waals surface area contributed by atoms with Crippen LogP contribution in [0.3, 0.4) is 0 Å². The van der Waals surface area contributed by atoms with Crippen molar-refractivity contribution < 1.29 is 9.90 Å². The number of benzene rings is 1. The highest BCUT2D eigenvalue weighted by Crippen LogP contribution is 2.37. The molecule has 1 aliphatic rings. The number of carbonyl (C=O) groups excluding carboxylic acids is 1. The third kappa shape index (κ3) is 3.97. The van der Waals surface area contributed by atoms with Crippen LogP contribution in [0.25, 0.3) is 0 Å². The molecule has 116 valence electrons. The Hall–Kier alpha value is -1.55. The van der Waals surface area contributed by atoms with Crippen molar-refractivity contribution in [3.63, 3.8) is 0 Å². The van der Waals surface area contributed by atoms with E-state index in [1.807, 2.05) is 19.1 Å². The van der Waals surface area contributed by atoms with Crippen molar-refractivity contribution >= 4 is 5.91 Å². The molecule has 0 radical (unpaired) electrons. The zero-order valence-corrected chi connectivity index (χ0v) is 12.8. The molecule has 0 saturated heterocycles. The Kier molecular flexibility index (Phi) is 5.23. The van der Waals surface area contributed by atoms with Gasteiger partial charge in [0, 0.05) is 12.6 Å². The Labute approximate surface area is 126 Å². The first-order chi connectivity index (χ1) is 10.1. The van der Waals surface area contributed by atoms with Crippen LogP contribution in [-0.4, -0.2) is 23.6 Å². The molecule has 1 unspecified atom stereocenters. The first-order valence-electron chi connectivity index (χ1n) is 7.85. The lowest BCUT2D eigenvalue weighted by molar-refractivity contribution is -0.131. The topological polar surface area (TPSA) is 75.3 Å². The molecule has 1 aliphatic carbocycles. The normalized spacial score (nSPS) is 18.4. The van der Waals surface area contributed by atoms with Crippen molar-refractivity contribution in [1.82, 2.24) is 5.32 Å². The highest BCUT2D eigenvalue weighted by atomic mass is 16.3. The van der Waals surface area contributed by atoms with Gasteiger partial charge in [0.1, 0.15) is 5.75 Å². The van der Waals surface area contributed by atoms with Crippen LogP contribution < -0.4 is 11.1 Å². The molecule has 0 aromatic heterocycles. The lowest BCUT2D eigenvalue weighted by Gasteiger charge is -2.28. The fraction of sp³-hybridized carbons (Fsp3) is 0.588. The summed E-state index contributed by atoms with van der Waals surface area (Å²) in [6, 6.07) is 7.36. The van der Waals surface area contributed by atoms with Crippen molar-refractivity contribution in [2.24, 2.45) is 11.1 Å². The smallest absolute Gasteiger partial charge is 0.227 e. The van der Waals surface area contributed by atoms with Gasteiger partial charge in [0.25, 0.3) is 0 Å². The molecule has 2 rings (SSSR count). The van der Waals surface area contributed by atoms with Gasteiger partial charge in [-0.1, -0.05) is 25.0 Å². The number of carbonyl (C=O) groups is 1. The van der Waals surface area contributed by atoms with E-state index in [2.05, 4.69) is 5.32 Å². The number of rotatable bonds is 6. The van der Waals surface area contributed by atoms with Crippen LogP contribution in [0.2, 0.25) is 0 Å². The number of aromatic hydroxyl groups is 1. The Bertz CT molecular complexity index is 464. The third-order valence-electron chi connectivity index (χ3n) is 4.61. The fourth-order valence-electron chi connectivity index (χ4n) is 3.07. The van der Waals surface area contributed by atoms with Gasteiger partial charge in [-0.2, -0.15) is 0 Å². The van der Waals surface area contributed by atoms with Crippen molar-refractivity contribution in [3.8, 4) is 5.75 Å². The molecule has 0 aliphatic heterocycles. The van der Waals surface area contributed by atoms with Crippen LogP contribution in [0.4, 0.5) is 0 Å². The molecule has 1 aromatic rings. The van der Waals surface area contributed by atoms with Gasteiger partial charge < -0.3 is 16.2 Å². The zero-order valence-electron chi connectivity index (χ0n) is 12.8. The van der Waals surface area contributed by atoms with Crippen molar-refractivity contribution in [2.75, 3.05) is 6.54 Å². The maximum absolute atomic E-state index is 12.4. The second kappa shape index (κ2) is 6.94. The van der Waals surface area contributed by atoms with Gasteiger partial charge in [-0.15, -0.1) is 0 Å². The van der Waals surface area contributed by atoms with Gasteiger partial charge in [-0.3, -0.25) is 4.79 Å². The second-order valence-electron chi connectivity index (χ2n) is 6.27. The predicted octanol–water partition coefficient (Wildman–Crippen LogP) is 2.35. The van der Waals surface area contributed by atoms with Crippen LogP contribution in [0, 0.1) is 5.41 Å². The quantitative estimate of drug-likeness (QED) is 0.753. The average Bonchev–Trinajstić information content (AvgIpc) is 2.97. The molecule has 1 fully saturated rings. The largest absolute Gasteiger partial charge is 0.508 e. The van der Waals surface area contributed by atoms with E-state index < -0.39 is 0 Å². The maximum atomic E-state index is 12.4. The lowest BCUT2D eigenvalue weighted by atomic mass is 9.85. The highest BCUT2D eigenvalue weighted by molar-refractivity contribution is 5.83. The summed E-state index contributed by atoms with van der Waals surface area (Å²) in [5.41, 5.74) is 6.68. The number of aryl methyl sites for hydroxylation is 1. The average molecular weight is 290 g/mol. The van der Waals surface area contributed by atoms with Crippen LogP contribution in [0.15, 0.2) is 24.3 Å². The van der Waals surface area contributed by atoms with Gasteiger partial charge >= 0.3 is 0 Å². The summed E-state index contributed by atoms with van der Waals surface area (Å²) >= 11 is 0. The summed E-state index contributed by atoms with van der Waals surface area (Å²) in [7, 11) is 0. The van der Waals surface area contributed by atoms with Crippen LogP contribution in [0.5, 0.6) is 5.75 Å². The molecule has 1 saturated carbocycles. The molecule has 0 spiro atoms. The van der Waals surface area contributed by atoms with E-state index >= 15 is 0 Å². The molecule has 21 heavy (non-hydrogen) atoms. The molecule has 4 N–H and O–H groups in total. The Morgan fingerprint density at radius 2 is 1.95 bits per heavy atom. The molecular formula is C17H26N2O2. The van der Waals surface area contributed by atoms with Gasteiger partial charge in [0.2, 0.25) is 5.91 Å².